The molecule has 112 valence electrons. The molecule has 1 heterocycles. The molecule has 0 fully saturated rings. The van der Waals surface area contributed by atoms with Crippen molar-refractivity contribution in [2.45, 2.75) is 20.8 Å². The molecule has 0 spiro atoms. The number of rotatable bonds is 7. The van der Waals surface area contributed by atoms with Crippen LogP contribution in [0.4, 0.5) is 0 Å². The standard InChI is InChI=1S/C14H24N4O2/c1-4-15-14(18-10-11(2)3)17-8-7-16-13(19)12-6-5-9-20-12/h5-6,9,11H,4,7-8,10H2,1-3H3,(H,16,19)(H2,15,17,18). The van der Waals surface area contributed by atoms with E-state index in [0.717, 1.165) is 19.0 Å². The van der Waals surface area contributed by atoms with E-state index in [1.807, 2.05) is 6.92 Å². The van der Waals surface area contributed by atoms with Gasteiger partial charge in [-0.2, -0.15) is 0 Å². The average molecular weight is 280 g/mol. The second-order valence-corrected chi connectivity index (χ2v) is 4.77. The van der Waals surface area contributed by atoms with E-state index >= 15 is 0 Å². The van der Waals surface area contributed by atoms with Crippen LogP contribution in [0.1, 0.15) is 31.3 Å². The zero-order valence-electron chi connectivity index (χ0n) is 12.4. The van der Waals surface area contributed by atoms with E-state index in [9.17, 15) is 4.79 Å². The minimum atomic E-state index is -0.207. The van der Waals surface area contributed by atoms with Crippen LogP contribution in [0.15, 0.2) is 27.8 Å². The highest BCUT2D eigenvalue weighted by atomic mass is 16.3. The lowest BCUT2D eigenvalue weighted by molar-refractivity contribution is 0.0926. The Kier molecular flexibility index (Phi) is 7.24. The maximum absolute atomic E-state index is 11.6. The fraction of sp³-hybridized carbons (Fsp3) is 0.571. The Balaban J connectivity index is 2.26. The van der Waals surface area contributed by atoms with E-state index in [1.54, 1.807) is 12.1 Å². The summed E-state index contributed by atoms with van der Waals surface area (Å²) in [7, 11) is 0. The number of guanidine groups is 1. The Morgan fingerprint density at radius 1 is 1.30 bits per heavy atom. The molecule has 0 aliphatic rings. The summed E-state index contributed by atoms with van der Waals surface area (Å²) in [6, 6.07) is 3.33. The molecule has 0 aliphatic heterocycles. The number of furan rings is 1. The smallest absolute Gasteiger partial charge is 0.287 e. The maximum Gasteiger partial charge on any atom is 0.287 e. The van der Waals surface area contributed by atoms with E-state index in [1.165, 1.54) is 6.26 Å². The fourth-order valence-corrected chi connectivity index (χ4v) is 1.47. The third kappa shape index (κ3) is 6.26. The van der Waals surface area contributed by atoms with Crippen LogP contribution >= 0.6 is 0 Å². The summed E-state index contributed by atoms with van der Waals surface area (Å²) in [5.74, 6) is 1.41. The molecule has 0 atom stereocenters. The molecule has 0 bridgehead atoms. The Morgan fingerprint density at radius 3 is 2.65 bits per heavy atom. The van der Waals surface area contributed by atoms with Gasteiger partial charge in [-0.05, 0) is 25.0 Å². The van der Waals surface area contributed by atoms with E-state index in [0.29, 0.717) is 24.8 Å². The molecule has 0 aromatic carbocycles. The molecular formula is C14H24N4O2. The fourth-order valence-electron chi connectivity index (χ4n) is 1.47. The lowest BCUT2D eigenvalue weighted by atomic mass is 10.2. The molecule has 20 heavy (non-hydrogen) atoms. The zero-order valence-corrected chi connectivity index (χ0v) is 12.4. The van der Waals surface area contributed by atoms with Gasteiger partial charge in [-0.25, -0.2) is 0 Å². The van der Waals surface area contributed by atoms with Crippen LogP contribution in [0, 0.1) is 5.92 Å². The first-order chi connectivity index (χ1) is 9.63. The third-order valence-electron chi connectivity index (χ3n) is 2.41. The van der Waals surface area contributed by atoms with Gasteiger partial charge in [0.1, 0.15) is 0 Å². The topological polar surface area (TPSA) is 78.7 Å². The summed E-state index contributed by atoms with van der Waals surface area (Å²) >= 11 is 0. The summed E-state index contributed by atoms with van der Waals surface area (Å²) < 4.78 is 5.01. The monoisotopic (exact) mass is 280 g/mol. The number of amides is 1. The van der Waals surface area contributed by atoms with E-state index < -0.39 is 0 Å². The highest BCUT2D eigenvalue weighted by molar-refractivity contribution is 5.91. The van der Waals surface area contributed by atoms with Crippen LogP contribution in [0.5, 0.6) is 0 Å². The predicted molar refractivity (Wildman–Crippen MR) is 79.9 cm³/mol. The van der Waals surface area contributed by atoms with E-state index in [2.05, 4.69) is 34.8 Å². The second kappa shape index (κ2) is 9.01. The second-order valence-electron chi connectivity index (χ2n) is 4.77. The number of carbonyl (C=O) groups is 1. The molecule has 6 nitrogen and oxygen atoms in total. The van der Waals surface area contributed by atoms with E-state index in [4.69, 9.17) is 4.42 Å². The van der Waals surface area contributed by atoms with Crippen LogP contribution in [0.2, 0.25) is 0 Å². The normalized spacial score (nSPS) is 11.5. The molecule has 0 saturated carbocycles. The molecule has 1 rings (SSSR count). The van der Waals surface area contributed by atoms with Gasteiger partial charge in [0.2, 0.25) is 0 Å². The SMILES string of the molecule is CCNC(=NCC(C)C)NCCNC(=O)c1ccco1. The number of nitrogens with one attached hydrogen (secondary N) is 3. The quantitative estimate of drug-likeness (QED) is 0.399. The van der Waals surface area contributed by atoms with Gasteiger partial charge in [0.05, 0.1) is 6.26 Å². The minimum Gasteiger partial charge on any atom is -0.459 e. The molecule has 0 saturated heterocycles. The molecule has 0 radical (unpaired) electrons. The molecule has 1 amide bonds. The summed E-state index contributed by atoms with van der Waals surface area (Å²) in [4.78, 5) is 16.1. The number of hydrogen-bond donors (Lipinski definition) is 3. The molecule has 1 aromatic rings. The van der Waals surface area contributed by atoms with Crippen molar-refractivity contribution in [2.75, 3.05) is 26.2 Å². The van der Waals surface area contributed by atoms with Crippen LogP contribution < -0.4 is 16.0 Å². The van der Waals surface area contributed by atoms with Crippen LogP contribution in [0.3, 0.4) is 0 Å². The van der Waals surface area contributed by atoms with Crippen LogP contribution in [-0.4, -0.2) is 38.0 Å². The van der Waals surface area contributed by atoms with Crippen molar-refractivity contribution in [1.29, 1.82) is 0 Å². The lowest BCUT2D eigenvalue weighted by Gasteiger charge is -2.12. The third-order valence-corrected chi connectivity index (χ3v) is 2.41. The van der Waals surface area contributed by atoms with Gasteiger partial charge in [-0.3, -0.25) is 9.79 Å². The van der Waals surface area contributed by atoms with Gasteiger partial charge in [-0.15, -0.1) is 0 Å². The van der Waals surface area contributed by atoms with Crippen molar-refractivity contribution < 1.29 is 9.21 Å². The summed E-state index contributed by atoms with van der Waals surface area (Å²) in [6.45, 7) is 8.96. The highest BCUT2D eigenvalue weighted by Crippen LogP contribution is 1.98. The number of aliphatic imine (C=N–C) groups is 1. The molecule has 3 N–H and O–H groups in total. The van der Waals surface area contributed by atoms with Crippen molar-refractivity contribution in [3.05, 3.63) is 24.2 Å². The Hall–Kier alpha value is -1.98. The van der Waals surface area contributed by atoms with E-state index in [-0.39, 0.29) is 5.91 Å². The van der Waals surface area contributed by atoms with Gasteiger partial charge in [-0.1, -0.05) is 13.8 Å². The highest BCUT2D eigenvalue weighted by Gasteiger charge is 2.06. The molecular weight excluding hydrogens is 256 g/mol. The maximum atomic E-state index is 11.6. The van der Waals surface area contributed by atoms with Crippen molar-refractivity contribution >= 4 is 11.9 Å². The van der Waals surface area contributed by atoms with Gasteiger partial charge >= 0.3 is 0 Å². The summed E-state index contributed by atoms with van der Waals surface area (Å²) in [6.07, 6.45) is 1.48. The first-order valence-corrected chi connectivity index (χ1v) is 6.97. The van der Waals surface area contributed by atoms with Crippen molar-refractivity contribution in [3.63, 3.8) is 0 Å². The van der Waals surface area contributed by atoms with Crippen molar-refractivity contribution in [3.8, 4) is 0 Å². The Morgan fingerprint density at radius 2 is 2.05 bits per heavy atom. The number of carbonyl (C=O) groups excluding carboxylic acids is 1. The summed E-state index contributed by atoms with van der Waals surface area (Å²) in [5, 5.41) is 9.10. The van der Waals surface area contributed by atoms with Gasteiger partial charge in [0.25, 0.3) is 5.91 Å². The summed E-state index contributed by atoms with van der Waals surface area (Å²) in [5.41, 5.74) is 0. The average Bonchev–Trinajstić information content (AvgIpc) is 2.94. The Labute approximate surface area is 120 Å². The van der Waals surface area contributed by atoms with Crippen molar-refractivity contribution in [2.24, 2.45) is 10.9 Å². The van der Waals surface area contributed by atoms with Crippen molar-refractivity contribution in [1.82, 2.24) is 16.0 Å². The van der Waals surface area contributed by atoms with Gasteiger partial charge in [0, 0.05) is 26.2 Å². The van der Waals surface area contributed by atoms with Gasteiger partial charge < -0.3 is 20.4 Å². The largest absolute Gasteiger partial charge is 0.459 e. The minimum absolute atomic E-state index is 0.207. The number of hydrogen-bond acceptors (Lipinski definition) is 3. The first kappa shape index (κ1) is 16.1. The van der Waals surface area contributed by atoms with Crippen LogP contribution in [0.25, 0.3) is 0 Å². The Bertz CT molecular complexity index is 413. The zero-order chi connectivity index (χ0) is 14.8. The molecule has 6 heteroatoms. The van der Waals surface area contributed by atoms with Gasteiger partial charge in [0.15, 0.2) is 11.7 Å². The molecule has 0 aliphatic carbocycles. The number of nitrogens with zero attached hydrogens (tertiary/aromatic N) is 1. The molecule has 0 unspecified atom stereocenters. The first-order valence-electron chi connectivity index (χ1n) is 6.97. The lowest BCUT2D eigenvalue weighted by Crippen LogP contribution is -2.41. The predicted octanol–water partition coefficient (Wildman–Crippen LogP) is 1.22. The van der Waals surface area contributed by atoms with Crippen LogP contribution in [-0.2, 0) is 0 Å². The molecule has 1 aromatic heterocycles.